The summed E-state index contributed by atoms with van der Waals surface area (Å²) in [6.45, 7) is 7.26. The first-order valence-electron chi connectivity index (χ1n) is 7.07. The SMILES string of the molecule is CCNC1CCC(NC(=O)c2cncc(C)c2)C1C. The third-order valence-electron chi connectivity index (χ3n) is 3.98. The van der Waals surface area contributed by atoms with Crippen LogP contribution in [0.4, 0.5) is 0 Å². The summed E-state index contributed by atoms with van der Waals surface area (Å²) in [7, 11) is 0. The van der Waals surface area contributed by atoms with E-state index in [1.54, 1.807) is 12.4 Å². The van der Waals surface area contributed by atoms with Crippen LogP contribution in [0.15, 0.2) is 18.5 Å². The average molecular weight is 261 g/mol. The fourth-order valence-corrected chi connectivity index (χ4v) is 2.85. The lowest BCUT2D eigenvalue weighted by atomic mass is 10.0. The molecule has 0 aromatic carbocycles. The molecule has 0 bridgehead atoms. The van der Waals surface area contributed by atoms with E-state index < -0.39 is 0 Å². The van der Waals surface area contributed by atoms with E-state index in [2.05, 4.69) is 29.5 Å². The number of nitrogens with one attached hydrogen (secondary N) is 2. The molecule has 1 aliphatic carbocycles. The lowest BCUT2D eigenvalue weighted by molar-refractivity contribution is 0.0927. The second-order valence-electron chi connectivity index (χ2n) is 5.43. The molecule has 1 aliphatic rings. The number of pyridine rings is 1. The Labute approximate surface area is 115 Å². The van der Waals surface area contributed by atoms with Gasteiger partial charge in [-0.2, -0.15) is 0 Å². The van der Waals surface area contributed by atoms with E-state index >= 15 is 0 Å². The van der Waals surface area contributed by atoms with Crippen LogP contribution in [-0.4, -0.2) is 29.5 Å². The Bertz CT molecular complexity index is 447. The molecule has 1 aromatic heterocycles. The third-order valence-corrected chi connectivity index (χ3v) is 3.98. The standard InChI is InChI=1S/C15H23N3O/c1-4-17-13-5-6-14(11(13)3)18-15(19)12-7-10(2)8-16-9-12/h7-9,11,13-14,17H,4-6H2,1-3H3,(H,18,19). The zero-order valence-electron chi connectivity index (χ0n) is 11.9. The molecule has 0 spiro atoms. The van der Waals surface area contributed by atoms with Gasteiger partial charge in [-0.1, -0.05) is 13.8 Å². The minimum absolute atomic E-state index is 0.00908. The summed E-state index contributed by atoms with van der Waals surface area (Å²) in [6.07, 6.45) is 5.57. The summed E-state index contributed by atoms with van der Waals surface area (Å²) in [5, 5.41) is 6.62. The lowest BCUT2D eigenvalue weighted by Crippen LogP contribution is -2.41. The van der Waals surface area contributed by atoms with Gasteiger partial charge in [0.2, 0.25) is 0 Å². The third kappa shape index (κ3) is 3.32. The molecule has 0 aliphatic heterocycles. The quantitative estimate of drug-likeness (QED) is 0.870. The number of aromatic nitrogens is 1. The Morgan fingerprint density at radius 3 is 2.79 bits per heavy atom. The molecule has 1 aromatic rings. The summed E-state index contributed by atoms with van der Waals surface area (Å²) in [5.74, 6) is 0.465. The maximum atomic E-state index is 12.2. The molecule has 0 saturated heterocycles. The fraction of sp³-hybridized carbons (Fsp3) is 0.600. The maximum absolute atomic E-state index is 12.2. The van der Waals surface area contributed by atoms with Gasteiger partial charge in [0, 0.05) is 24.5 Å². The summed E-state index contributed by atoms with van der Waals surface area (Å²) >= 11 is 0. The van der Waals surface area contributed by atoms with Crippen molar-refractivity contribution in [1.82, 2.24) is 15.6 Å². The molecule has 104 valence electrons. The van der Waals surface area contributed by atoms with Crippen LogP contribution in [0, 0.1) is 12.8 Å². The summed E-state index contributed by atoms with van der Waals surface area (Å²) in [5.41, 5.74) is 1.66. The van der Waals surface area contributed by atoms with Crippen molar-refractivity contribution in [2.75, 3.05) is 6.54 Å². The van der Waals surface area contributed by atoms with Crippen molar-refractivity contribution in [3.05, 3.63) is 29.6 Å². The van der Waals surface area contributed by atoms with Crippen LogP contribution in [0.2, 0.25) is 0 Å². The molecule has 1 saturated carbocycles. The van der Waals surface area contributed by atoms with E-state index in [1.165, 1.54) is 0 Å². The fourth-order valence-electron chi connectivity index (χ4n) is 2.85. The molecular formula is C15H23N3O. The van der Waals surface area contributed by atoms with Crippen LogP contribution in [0.1, 0.15) is 42.6 Å². The van der Waals surface area contributed by atoms with Gasteiger partial charge >= 0.3 is 0 Å². The topological polar surface area (TPSA) is 54.0 Å². The Balaban J connectivity index is 1.96. The van der Waals surface area contributed by atoms with Crippen LogP contribution in [0.25, 0.3) is 0 Å². The summed E-state index contributed by atoms with van der Waals surface area (Å²) in [4.78, 5) is 16.3. The van der Waals surface area contributed by atoms with Crippen LogP contribution in [0.3, 0.4) is 0 Å². The van der Waals surface area contributed by atoms with Gasteiger partial charge in [-0.15, -0.1) is 0 Å². The molecule has 4 nitrogen and oxygen atoms in total. The van der Waals surface area contributed by atoms with Gasteiger partial charge in [0.25, 0.3) is 5.91 Å². The van der Waals surface area contributed by atoms with Crippen molar-refractivity contribution in [3.63, 3.8) is 0 Å². The second kappa shape index (κ2) is 6.15. The summed E-state index contributed by atoms with van der Waals surface area (Å²) in [6, 6.07) is 2.66. The minimum atomic E-state index is -0.00908. The number of carbonyl (C=O) groups excluding carboxylic acids is 1. The highest BCUT2D eigenvalue weighted by molar-refractivity contribution is 5.94. The number of hydrogen-bond acceptors (Lipinski definition) is 3. The molecule has 2 N–H and O–H groups in total. The van der Waals surface area contributed by atoms with E-state index in [1.807, 2.05) is 13.0 Å². The molecule has 1 fully saturated rings. The average Bonchev–Trinajstić information content (AvgIpc) is 2.72. The number of aryl methyl sites for hydroxylation is 1. The van der Waals surface area contributed by atoms with E-state index in [4.69, 9.17) is 0 Å². The van der Waals surface area contributed by atoms with Crippen molar-refractivity contribution in [2.24, 2.45) is 5.92 Å². The Morgan fingerprint density at radius 2 is 2.11 bits per heavy atom. The second-order valence-corrected chi connectivity index (χ2v) is 5.43. The predicted molar refractivity (Wildman–Crippen MR) is 76.1 cm³/mol. The maximum Gasteiger partial charge on any atom is 0.253 e. The number of carbonyl (C=O) groups is 1. The Morgan fingerprint density at radius 1 is 1.37 bits per heavy atom. The first-order valence-corrected chi connectivity index (χ1v) is 7.07. The van der Waals surface area contributed by atoms with Gasteiger partial charge in [-0.25, -0.2) is 0 Å². The molecular weight excluding hydrogens is 238 g/mol. The normalized spacial score (nSPS) is 26.4. The molecule has 0 radical (unpaired) electrons. The Hall–Kier alpha value is -1.42. The number of amides is 1. The Kier molecular flexibility index (Phi) is 4.53. The molecule has 1 heterocycles. The zero-order valence-corrected chi connectivity index (χ0v) is 11.9. The van der Waals surface area contributed by atoms with Crippen LogP contribution < -0.4 is 10.6 Å². The summed E-state index contributed by atoms with van der Waals surface area (Å²) < 4.78 is 0. The zero-order chi connectivity index (χ0) is 13.8. The van der Waals surface area contributed by atoms with Crippen LogP contribution in [0.5, 0.6) is 0 Å². The number of rotatable bonds is 4. The van der Waals surface area contributed by atoms with Gasteiger partial charge in [-0.3, -0.25) is 9.78 Å². The highest BCUT2D eigenvalue weighted by atomic mass is 16.1. The molecule has 2 rings (SSSR count). The van der Waals surface area contributed by atoms with Crippen molar-refractivity contribution in [3.8, 4) is 0 Å². The predicted octanol–water partition coefficient (Wildman–Crippen LogP) is 1.90. The van der Waals surface area contributed by atoms with Crippen molar-refractivity contribution >= 4 is 5.91 Å². The molecule has 3 unspecified atom stereocenters. The first kappa shape index (κ1) is 14.0. The number of hydrogen-bond donors (Lipinski definition) is 2. The van der Waals surface area contributed by atoms with Crippen molar-refractivity contribution in [2.45, 2.75) is 45.7 Å². The molecule has 3 atom stereocenters. The first-order chi connectivity index (χ1) is 9.11. The van der Waals surface area contributed by atoms with E-state index in [0.717, 1.165) is 24.9 Å². The highest BCUT2D eigenvalue weighted by Crippen LogP contribution is 2.26. The van der Waals surface area contributed by atoms with Crippen molar-refractivity contribution < 1.29 is 4.79 Å². The smallest absolute Gasteiger partial charge is 0.253 e. The highest BCUT2D eigenvalue weighted by Gasteiger charge is 2.33. The van der Waals surface area contributed by atoms with Crippen LogP contribution in [-0.2, 0) is 0 Å². The van der Waals surface area contributed by atoms with Gasteiger partial charge in [-0.05, 0) is 43.9 Å². The van der Waals surface area contributed by atoms with Crippen molar-refractivity contribution in [1.29, 1.82) is 0 Å². The molecule has 4 heteroatoms. The van der Waals surface area contributed by atoms with Gasteiger partial charge < -0.3 is 10.6 Å². The molecule has 1 amide bonds. The number of nitrogens with zero attached hydrogens (tertiary/aromatic N) is 1. The van der Waals surface area contributed by atoms with E-state index in [-0.39, 0.29) is 11.9 Å². The van der Waals surface area contributed by atoms with Gasteiger partial charge in [0.1, 0.15) is 0 Å². The molecule has 19 heavy (non-hydrogen) atoms. The van der Waals surface area contributed by atoms with Gasteiger partial charge in [0.05, 0.1) is 5.56 Å². The largest absolute Gasteiger partial charge is 0.349 e. The lowest BCUT2D eigenvalue weighted by Gasteiger charge is -2.22. The van der Waals surface area contributed by atoms with E-state index in [0.29, 0.717) is 17.5 Å². The van der Waals surface area contributed by atoms with E-state index in [9.17, 15) is 4.79 Å². The minimum Gasteiger partial charge on any atom is -0.349 e. The monoisotopic (exact) mass is 261 g/mol. The van der Waals surface area contributed by atoms with Gasteiger partial charge in [0.15, 0.2) is 0 Å². The van der Waals surface area contributed by atoms with Crippen LogP contribution >= 0.6 is 0 Å².